The van der Waals surface area contributed by atoms with E-state index in [2.05, 4.69) is 12.1 Å². The summed E-state index contributed by atoms with van der Waals surface area (Å²) in [5.74, 6) is 0.903. The van der Waals surface area contributed by atoms with Crippen LogP contribution in [0.15, 0.2) is 5.16 Å². The van der Waals surface area contributed by atoms with E-state index in [9.17, 15) is 0 Å². The first kappa shape index (κ1) is 8.17. The van der Waals surface area contributed by atoms with Gasteiger partial charge in [0.25, 0.3) is 0 Å². The van der Waals surface area contributed by atoms with Crippen molar-refractivity contribution in [1.82, 2.24) is 4.90 Å². The third-order valence-electron chi connectivity index (χ3n) is 2.08. The maximum absolute atomic E-state index is 8.39. The second kappa shape index (κ2) is 3.46. The molecule has 0 aliphatic carbocycles. The normalized spacial score (nSPS) is 27.2. The molecule has 0 saturated carbocycles. The molecule has 0 bridgehead atoms. The first-order valence-corrected chi connectivity index (χ1v) is 3.96. The molecule has 1 rings (SSSR count). The van der Waals surface area contributed by atoms with Gasteiger partial charge in [0.15, 0.2) is 0 Å². The number of hydrogen-bond donors (Lipinski definition) is 2. The summed E-state index contributed by atoms with van der Waals surface area (Å²) >= 11 is 0. The molecule has 0 aromatic heterocycles. The van der Waals surface area contributed by atoms with E-state index < -0.39 is 0 Å². The van der Waals surface area contributed by atoms with Crippen LogP contribution in [0, 0.1) is 5.92 Å². The average Bonchev–Trinajstić information content (AvgIpc) is 2.03. The van der Waals surface area contributed by atoms with Crippen molar-refractivity contribution in [2.75, 3.05) is 13.1 Å². The molecule has 1 fully saturated rings. The van der Waals surface area contributed by atoms with Crippen LogP contribution in [-0.2, 0) is 0 Å². The standard InChI is InChI=1S/C7H15N3O/c1-6-3-2-4-10(5-6)7(8)9-11/h6,11H,2-5H2,1H3,(H2,8,9)/t6-/m0/s1. The molecule has 0 aromatic rings. The molecular weight excluding hydrogens is 142 g/mol. The molecule has 0 spiro atoms. The minimum Gasteiger partial charge on any atom is -0.408 e. The van der Waals surface area contributed by atoms with Crippen LogP contribution in [0.3, 0.4) is 0 Å². The number of nitrogens with two attached hydrogens (primary N) is 1. The van der Waals surface area contributed by atoms with Crippen molar-refractivity contribution in [2.45, 2.75) is 19.8 Å². The summed E-state index contributed by atoms with van der Waals surface area (Å²) in [5, 5.41) is 11.4. The molecular formula is C7H15N3O. The lowest BCUT2D eigenvalue weighted by Crippen LogP contribution is -2.43. The van der Waals surface area contributed by atoms with Gasteiger partial charge in [-0.2, -0.15) is 0 Å². The number of nitrogens with zero attached hydrogens (tertiary/aromatic N) is 2. The molecule has 1 aliphatic rings. The van der Waals surface area contributed by atoms with Crippen LogP contribution in [0.1, 0.15) is 19.8 Å². The van der Waals surface area contributed by atoms with Crippen molar-refractivity contribution >= 4 is 5.96 Å². The first-order chi connectivity index (χ1) is 5.24. The van der Waals surface area contributed by atoms with E-state index >= 15 is 0 Å². The summed E-state index contributed by atoms with van der Waals surface area (Å²) in [4.78, 5) is 1.91. The zero-order chi connectivity index (χ0) is 8.27. The molecule has 0 unspecified atom stereocenters. The quantitative estimate of drug-likeness (QED) is 0.232. The highest BCUT2D eigenvalue weighted by atomic mass is 16.4. The van der Waals surface area contributed by atoms with Gasteiger partial charge >= 0.3 is 0 Å². The number of rotatable bonds is 0. The maximum Gasteiger partial charge on any atom is 0.233 e. The van der Waals surface area contributed by atoms with Crippen molar-refractivity contribution in [3.63, 3.8) is 0 Å². The number of hydrogen-bond acceptors (Lipinski definition) is 2. The second-order valence-electron chi connectivity index (χ2n) is 3.15. The van der Waals surface area contributed by atoms with Crippen molar-refractivity contribution in [3.05, 3.63) is 0 Å². The Morgan fingerprint density at radius 2 is 2.45 bits per heavy atom. The molecule has 1 saturated heterocycles. The van der Waals surface area contributed by atoms with E-state index in [-0.39, 0.29) is 5.96 Å². The van der Waals surface area contributed by atoms with E-state index in [1.807, 2.05) is 4.90 Å². The van der Waals surface area contributed by atoms with E-state index in [4.69, 9.17) is 10.9 Å². The SMILES string of the molecule is C[C@H]1CCCN(/C(N)=N\O)C1. The predicted octanol–water partition coefficient (Wildman–Crippen LogP) is 0.422. The summed E-state index contributed by atoms with van der Waals surface area (Å²) in [6, 6.07) is 0. The van der Waals surface area contributed by atoms with Crippen LogP contribution < -0.4 is 5.73 Å². The maximum atomic E-state index is 8.39. The molecule has 4 heteroatoms. The molecule has 4 nitrogen and oxygen atoms in total. The Morgan fingerprint density at radius 3 is 3.00 bits per heavy atom. The number of piperidine rings is 1. The first-order valence-electron chi connectivity index (χ1n) is 3.96. The van der Waals surface area contributed by atoms with Crippen molar-refractivity contribution in [3.8, 4) is 0 Å². The van der Waals surface area contributed by atoms with Gasteiger partial charge in [-0.15, -0.1) is 0 Å². The summed E-state index contributed by atoms with van der Waals surface area (Å²) in [5.41, 5.74) is 5.44. The highest BCUT2D eigenvalue weighted by Crippen LogP contribution is 2.14. The fraction of sp³-hybridized carbons (Fsp3) is 0.857. The van der Waals surface area contributed by atoms with Crippen molar-refractivity contribution in [1.29, 1.82) is 0 Å². The van der Waals surface area contributed by atoms with Crippen LogP contribution in [-0.4, -0.2) is 29.2 Å². The van der Waals surface area contributed by atoms with Gasteiger partial charge < -0.3 is 15.8 Å². The Kier molecular flexibility index (Phi) is 2.57. The highest BCUT2D eigenvalue weighted by Gasteiger charge is 2.17. The molecule has 1 aliphatic heterocycles. The molecule has 64 valence electrons. The topological polar surface area (TPSA) is 61.8 Å². The predicted molar refractivity (Wildman–Crippen MR) is 43.4 cm³/mol. The van der Waals surface area contributed by atoms with Crippen LogP contribution in [0.5, 0.6) is 0 Å². The second-order valence-corrected chi connectivity index (χ2v) is 3.15. The van der Waals surface area contributed by atoms with Gasteiger partial charge in [-0.25, -0.2) is 0 Å². The van der Waals surface area contributed by atoms with Crippen LogP contribution >= 0.6 is 0 Å². The number of oxime groups is 1. The lowest BCUT2D eigenvalue weighted by Gasteiger charge is -2.30. The summed E-state index contributed by atoms with van der Waals surface area (Å²) in [6.07, 6.45) is 2.38. The monoisotopic (exact) mass is 157 g/mol. The Balaban J connectivity index is 2.46. The minimum absolute atomic E-state index is 0.247. The Hall–Kier alpha value is -0.930. The van der Waals surface area contributed by atoms with Crippen molar-refractivity contribution < 1.29 is 5.21 Å². The fourth-order valence-corrected chi connectivity index (χ4v) is 1.46. The van der Waals surface area contributed by atoms with E-state index in [1.54, 1.807) is 0 Å². The van der Waals surface area contributed by atoms with Crippen LogP contribution in [0.2, 0.25) is 0 Å². The van der Waals surface area contributed by atoms with Gasteiger partial charge in [0.2, 0.25) is 5.96 Å². The summed E-state index contributed by atoms with van der Waals surface area (Å²) in [7, 11) is 0. The lowest BCUT2D eigenvalue weighted by atomic mass is 10.0. The van der Waals surface area contributed by atoms with E-state index in [1.165, 1.54) is 6.42 Å². The van der Waals surface area contributed by atoms with Gasteiger partial charge in [0.1, 0.15) is 0 Å². The van der Waals surface area contributed by atoms with E-state index in [0.29, 0.717) is 5.92 Å². The summed E-state index contributed by atoms with van der Waals surface area (Å²) in [6.45, 7) is 4.01. The fourth-order valence-electron chi connectivity index (χ4n) is 1.46. The lowest BCUT2D eigenvalue weighted by molar-refractivity contribution is 0.249. The van der Waals surface area contributed by atoms with Gasteiger partial charge in [0.05, 0.1) is 0 Å². The minimum atomic E-state index is 0.247. The molecule has 11 heavy (non-hydrogen) atoms. The highest BCUT2D eigenvalue weighted by molar-refractivity contribution is 5.77. The zero-order valence-corrected chi connectivity index (χ0v) is 6.82. The summed E-state index contributed by atoms with van der Waals surface area (Å²) < 4.78 is 0. The average molecular weight is 157 g/mol. The largest absolute Gasteiger partial charge is 0.408 e. The molecule has 0 radical (unpaired) electrons. The molecule has 0 aromatic carbocycles. The molecule has 1 atom stereocenters. The van der Waals surface area contributed by atoms with Gasteiger partial charge in [0, 0.05) is 13.1 Å². The Labute approximate surface area is 66.7 Å². The van der Waals surface area contributed by atoms with Crippen molar-refractivity contribution in [2.24, 2.45) is 16.8 Å². The molecule has 0 amide bonds. The van der Waals surface area contributed by atoms with Crippen LogP contribution in [0.25, 0.3) is 0 Å². The van der Waals surface area contributed by atoms with E-state index in [0.717, 1.165) is 19.5 Å². The van der Waals surface area contributed by atoms with Gasteiger partial charge in [-0.05, 0) is 18.8 Å². The molecule has 1 heterocycles. The third kappa shape index (κ3) is 2.00. The van der Waals surface area contributed by atoms with Crippen LogP contribution in [0.4, 0.5) is 0 Å². The smallest absolute Gasteiger partial charge is 0.233 e. The van der Waals surface area contributed by atoms with Gasteiger partial charge in [-0.3, -0.25) is 0 Å². The molecule has 3 N–H and O–H groups in total. The Morgan fingerprint density at radius 1 is 1.73 bits per heavy atom. The zero-order valence-electron chi connectivity index (χ0n) is 6.82. The van der Waals surface area contributed by atoms with Gasteiger partial charge in [-0.1, -0.05) is 12.1 Å². The third-order valence-corrected chi connectivity index (χ3v) is 2.08. The Bertz CT molecular complexity index is 158. The number of likely N-dealkylation sites (tertiary alicyclic amines) is 1. The number of guanidine groups is 1.